The highest BCUT2D eigenvalue weighted by Gasteiger charge is 2.19. The number of aliphatic imine (C=N–C) groups is 1. The maximum atomic E-state index is 6.09. The first kappa shape index (κ1) is 17.0. The molecule has 124 valence electrons. The maximum Gasteiger partial charge on any atom is 0.191 e. The number of hydrogen-bond donors (Lipinski definition) is 1. The fourth-order valence-corrected chi connectivity index (χ4v) is 3.02. The monoisotopic (exact) mass is 325 g/mol. The fourth-order valence-electron chi connectivity index (χ4n) is 2.33. The summed E-state index contributed by atoms with van der Waals surface area (Å²) in [5.74, 6) is 0.670. The lowest BCUT2D eigenvalue weighted by Crippen LogP contribution is -2.51. The van der Waals surface area contributed by atoms with Gasteiger partial charge in [0.05, 0.1) is 6.10 Å². The average Bonchev–Trinajstić information content (AvgIpc) is 3.05. The number of piperazine rings is 1. The Bertz CT molecular complexity index is 441. The lowest BCUT2D eigenvalue weighted by atomic mass is 10.3. The van der Waals surface area contributed by atoms with Gasteiger partial charge < -0.3 is 20.3 Å². The zero-order valence-electron chi connectivity index (χ0n) is 13.6. The van der Waals surface area contributed by atoms with E-state index in [1.807, 2.05) is 11.6 Å². The number of ether oxygens (including phenoxy) is 1. The number of aromatic nitrogens is 1. The van der Waals surface area contributed by atoms with Gasteiger partial charge in [-0.15, -0.1) is 11.3 Å². The molecule has 0 amide bonds. The third kappa shape index (κ3) is 5.46. The highest BCUT2D eigenvalue weighted by atomic mass is 32.1. The smallest absolute Gasteiger partial charge is 0.191 e. The molecule has 0 atom stereocenters. The van der Waals surface area contributed by atoms with Crippen molar-refractivity contribution in [3.63, 3.8) is 0 Å². The number of nitrogens with zero attached hydrogens (tertiary/aromatic N) is 4. The SMILES string of the molecule is CC(C)OCCCCN=C(N)N1CCN(c2nccs2)CC1. The summed E-state index contributed by atoms with van der Waals surface area (Å²) in [5, 5.41) is 3.11. The molecule has 2 heterocycles. The van der Waals surface area contributed by atoms with E-state index in [9.17, 15) is 0 Å². The van der Waals surface area contributed by atoms with Gasteiger partial charge in [-0.3, -0.25) is 4.99 Å². The molecule has 0 saturated carbocycles. The standard InChI is InChI=1S/C15H27N5OS/c1-13(2)21-11-4-3-5-17-14(16)19-7-9-20(10-8-19)15-18-6-12-22-15/h6,12-13H,3-5,7-11H2,1-2H3,(H2,16,17). The molecule has 0 radical (unpaired) electrons. The van der Waals surface area contributed by atoms with Crippen LogP contribution in [0.4, 0.5) is 5.13 Å². The van der Waals surface area contributed by atoms with Crippen molar-refractivity contribution in [2.24, 2.45) is 10.7 Å². The molecule has 0 spiro atoms. The van der Waals surface area contributed by atoms with Gasteiger partial charge in [-0.25, -0.2) is 4.98 Å². The molecule has 2 N–H and O–H groups in total. The minimum atomic E-state index is 0.308. The van der Waals surface area contributed by atoms with E-state index in [0.29, 0.717) is 12.1 Å². The van der Waals surface area contributed by atoms with Crippen LogP contribution in [0.1, 0.15) is 26.7 Å². The Hall–Kier alpha value is -1.34. The first-order chi connectivity index (χ1) is 10.7. The Morgan fingerprint density at radius 2 is 2.14 bits per heavy atom. The molecule has 1 aromatic rings. The highest BCUT2D eigenvalue weighted by Crippen LogP contribution is 2.18. The van der Waals surface area contributed by atoms with Gasteiger partial charge in [-0.05, 0) is 26.7 Å². The van der Waals surface area contributed by atoms with Gasteiger partial charge >= 0.3 is 0 Å². The van der Waals surface area contributed by atoms with Crippen LogP contribution < -0.4 is 10.6 Å². The summed E-state index contributed by atoms with van der Waals surface area (Å²) >= 11 is 1.69. The Kier molecular flexibility index (Phi) is 6.92. The topological polar surface area (TPSA) is 67.0 Å². The minimum absolute atomic E-state index is 0.308. The predicted molar refractivity (Wildman–Crippen MR) is 92.7 cm³/mol. The van der Waals surface area contributed by atoms with E-state index in [1.165, 1.54) is 0 Å². The molecule has 6 nitrogen and oxygen atoms in total. The highest BCUT2D eigenvalue weighted by molar-refractivity contribution is 7.13. The Morgan fingerprint density at radius 3 is 2.77 bits per heavy atom. The van der Waals surface area contributed by atoms with Crippen molar-refractivity contribution in [2.75, 3.05) is 44.2 Å². The van der Waals surface area contributed by atoms with Crippen LogP contribution in [0.15, 0.2) is 16.6 Å². The zero-order valence-corrected chi connectivity index (χ0v) is 14.4. The fraction of sp³-hybridized carbons (Fsp3) is 0.733. The summed E-state index contributed by atoms with van der Waals surface area (Å²) in [7, 11) is 0. The van der Waals surface area contributed by atoms with Crippen LogP contribution in [0.2, 0.25) is 0 Å². The van der Waals surface area contributed by atoms with Gasteiger partial charge in [0.25, 0.3) is 0 Å². The van der Waals surface area contributed by atoms with Crippen molar-refractivity contribution in [3.05, 3.63) is 11.6 Å². The predicted octanol–water partition coefficient (Wildman–Crippen LogP) is 1.79. The van der Waals surface area contributed by atoms with Crippen LogP contribution in [0.5, 0.6) is 0 Å². The van der Waals surface area contributed by atoms with E-state index in [2.05, 4.69) is 33.6 Å². The third-order valence-corrected chi connectivity index (χ3v) is 4.40. The van der Waals surface area contributed by atoms with E-state index in [1.54, 1.807) is 11.3 Å². The number of guanidine groups is 1. The Balaban J connectivity index is 1.64. The molecule has 0 bridgehead atoms. The molecule has 1 aromatic heterocycles. The molecule has 0 aliphatic carbocycles. The minimum Gasteiger partial charge on any atom is -0.379 e. The second-order valence-corrected chi connectivity index (χ2v) is 6.53. The lowest BCUT2D eigenvalue weighted by Gasteiger charge is -2.35. The molecule has 0 unspecified atom stereocenters. The quantitative estimate of drug-likeness (QED) is 0.470. The molecule has 1 aliphatic rings. The Morgan fingerprint density at radius 1 is 1.36 bits per heavy atom. The molecule has 1 fully saturated rings. The number of rotatable bonds is 7. The summed E-state index contributed by atoms with van der Waals surface area (Å²) in [5.41, 5.74) is 6.09. The molecule has 2 rings (SSSR count). The van der Waals surface area contributed by atoms with Crippen LogP contribution in [0, 0.1) is 0 Å². The van der Waals surface area contributed by atoms with Crippen LogP contribution >= 0.6 is 11.3 Å². The number of hydrogen-bond acceptors (Lipinski definition) is 5. The van der Waals surface area contributed by atoms with Crippen molar-refractivity contribution < 1.29 is 4.74 Å². The van der Waals surface area contributed by atoms with Crippen LogP contribution in [-0.4, -0.2) is 61.3 Å². The van der Waals surface area contributed by atoms with Gasteiger partial charge in [0.15, 0.2) is 11.1 Å². The number of nitrogens with two attached hydrogens (primary N) is 1. The zero-order chi connectivity index (χ0) is 15.8. The average molecular weight is 325 g/mol. The second kappa shape index (κ2) is 8.95. The first-order valence-electron chi connectivity index (χ1n) is 7.97. The van der Waals surface area contributed by atoms with Crippen LogP contribution in [-0.2, 0) is 4.74 Å². The summed E-state index contributed by atoms with van der Waals surface area (Å²) in [4.78, 5) is 13.3. The van der Waals surface area contributed by atoms with Crippen molar-refractivity contribution in [1.29, 1.82) is 0 Å². The van der Waals surface area contributed by atoms with Gasteiger partial charge in [0, 0.05) is 50.9 Å². The van der Waals surface area contributed by atoms with E-state index >= 15 is 0 Å². The molecule has 7 heteroatoms. The number of unbranched alkanes of at least 4 members (excludes halogenated alkanes) is 1. The number of anilines is 1. The van der Waals surface area contributed by atoms with Crippen LogP contribution in [0.3, 0.4) is 0 Å². The van der Waals surface area contributed by atoms with E-state index in [-0.39, 0.29) is 0 Å². The van der Waals surface area contributed by atoms with Crippen LogP contribution in [0.25, 0.3) is 0 Å². The number of thiazole rings is 1. The third-order valence-electron chi connectivity index (χ3n) is 3.57. The van der Waals surface area contributed by atoms with E-state index in [0.717, 1.165) is 57.3 Å². The van der Waals surface area contributed by atoms with Crippen molar-refractivity contribution in [3.8, 4) is 0 Å². The normalized spacial score (nSPS) is 16.6. The van der Waals surface area contributed by atoms with Gasteiger partial charge in [0.2, 0.25) is 0 Å². The van der Waals surface area contributed by atoms with E-state index < -0.39 is 0 Å². The largest absolute Gasteiger partial charge is 0.379 e. The molecular formula is C15H27N5OS. The first-order valence-corrected chi connectivity index (χ1v) is 8.85. The summed E-state index contributed by atoms with van der Waals surface area (Å²) < 4.78 is 5.51. The van der Waals surface area contributed by atoms with Gasteiger partial charge in [-0.2, -0.15) is 0 Å². The van der Waals surface area contributed by atoms with Crippen molar-refractivity contribution in [2.45, 2.75) is 32.8 Å². The molecule has 0 aromatic carbocycles. The summed E-state index contributed by atoms with van der Waals surface area (Å²) in [6, 6.07) is 0. The molecular weight excluding hydrogens is 298 g/mol. The van der Waals surface area contributed by atoms with Crippen molar-refractivity contribution >= 4 is 22.4 Å². The summed E-state index contributed by atoms with van der Waals surface area (Å²) in [6.07, 6.45) is 4.22. The molecule has 22 heavy (non-hydrogen) atoms. The summed E-state index contributed by atoms with van der Waals surface area (Å²) in [6.45, 7) is 9.41. The van der Waals surface area contributed by atoms with Gasteiger partial charge in [0.1, 0.15) is 0 Å². The lowest BCUT2D eigenvalue weighted by molar-refractivity contribution is 0.0763. The maximum absolute atomic E-state index is 6.09. The molecule has 1 aliphatic heterocycles. The van der Waals surface area contributed by atoms with Crippen molar-refractivity contribution in [1.82, 2.24) is 9.88 Å². The molecule has 1 saturated heterocycles. The second-order valence-electron chi connectivity index (χ2n) is 5.66. The Labute approximate surface area is 137 Å². The van der Waals surface area contributed by atoms with E-state index in [4.69, 9.17) is 10.5 Å². The van der Waals surface area contributed by atoms with Gasteiger partial charge in [-0.1, -0.05) is 0 Å².